The van der Waals surface area contributed by atoms with Gasteiger partial charge >= 0.3 is 0 Å². The van der Waals surface area contributed by atoms with Gasteiger partial charge in [-0.15, -0.1) is 0 Å². The summed E-state index contributed by atoms with van der Waals surface area (Å²) in [5.74, 6) is 0.476. The zero-order chi connectivity index (χ0) is 13.9. The molecule has 1 spiro atoms. The van der Waals surface area contributed by atoms with Crippen molar-refractivity contribution in [3.05, 3.63) is 0 Å². The first kappa shape index (κ1) is 13.4. The van der Waals surface area contributed by atoms with Gasteiger partial charge in [0.05, 0.1) is 0 Å². The van der Waals surface area contributed by atoms with Gasteiger partial charge in [-0.1, -0.05) is 27.7 Å². The van der Waals surface area contributed by atoms with Gasteiger partial charge in [-0.3, -0.25) is 4.79 Å². The quantitative estimate of drug-likeness (QED) is 0.804. The molecule has 1 heterocycles. The van der Waals surface area contributed by atoms with Crippen LogP contribution in [0.4, 0.5) is 0 Å². The van der Waals surface area contributed by atoms with E-state index in [9.17, 15) is 4.79 Å². The Morgan fingerprint density at radius 1 is 1.16 bits per heavy atom. The number of hydrogen-bond acceptors (Lipinski definition) is 2. The molecule has 3 heteroatoms. The summed E-state index contributed by atoms with van der Waals surface area (Å²) in [7, 11) is 0. The van der Waals surface area contributed by atoms with E-state index >= 15 is 0 Å². The summed E-state index contributed by atoms with van der Waals surface area (Å²) >= 11 is 0. The van der Waals surface area contributed by atoms with Crippen LogP contribution in [0.25, 0.3) is 0 Å². The lowest BCUT2D eigenvalue weighted by Gasteiger charge is -2.48. The number of nitrogens with one attached hydrogen (secondary N) is 2. The Morgan fingerprint density at radius 2 is 1.79 bits per heavy atom. The van der Waals surface area contributed by atoms with E-state index in [4.69, 9.17) is 0 Å². The molecule has 1 aliphatic heterocycles. The van der Waals surface area contributed by atoms with Crippen molar-refractivity contribution in [2.45, 2.75) is 71.4 Å². The summed E-state index contributed by atoms with van der Waals surface area (Å²) in [4.78, 5) is 12.5. The zero-order valence-corrected chi connectivity index (χ0v) is 12.8. The van der Waals surface area contributed by atoms with Crippen molar-refractivity contribution in [3.63, 3.8) is 0 Å². The fourth-order valence-electron chi connectivity index (χ4n) is 4.40. The highest BCUT2D eigenvalue weighted by Crippen LogP contribution is 2.68. The van der Waals surface area contributed by atoms with Crippen LogP contribution in [0.5, 0.6) is 0 Å². The minimum absolute atomic E-state index is 0.151. The maximum Gasteiger partial charge on any atom is 0.224 e. The molecule has 1 unspecified atom stereocenters. The van der Waals surface area contributed by atoms with E-state index in [1.165, 1.54) is 19.3 Å². The molecule has 3 aliphatic rings. The van der Waals surface area contributed by atoms with Gasteiger partial charge in [-0.2, -0.15) is 0 Å². The fourth-order valence-corrected chi connectivity index (χ4v) is 4.40. The van der Waals surface area contributed by atoms with Crippen molar-refractivity contribution < 1.29 is 4.79 Å². The number of carbonyl (C=O) groups excluding carboxylic acids is 1. The summed E-state index contributed by atoms with van der Waals surface area (Å²) in [5, 5.41) is 7.00. The van der Waals surface area contributed by atoms with E-state index in [1.807, 2.05) is 0 Å². The predicted octanol–water partition coefficient (Wildman–Crippen LogP) is 2.46. The fraction of sp³-hybridized carbons (Fsp3) is 0.938. The molecule has 1 atom stereocenters. The maximum atomic E-state index is 12.5. The average Bonchev–Trinajstić information content (AvgIpc) is 2.67. The van der Waals surface area contributed by atoms with Crippen LogP contribution in [0, 0.1) is 16.7 Å². The molecule has 108 valence electrons. The number of carbonyl (C=O) groups is 1. The second-order valence-corrected chi connectivity index (χ2v) is 8.14. The highest BCUT2D eigenvalue weighted by molar-refractivity contribution is 5.84. The van der Waals surface area contributed by atoms with E-state index in [-0.39, 0.29) is 22.7 Å². The molecular weight excluding hydrogens is 236 g/mol. The molecule has 2 N–H and O–H groups in total. The Bertz CT molecular complexity index is 382. The highest BCUT2D eigenvalue weighted by atomic mass is 16.2. The van der Waals surface area contributed by atoms with Crippen LogP contribution in [-0.4, -0.2) is 24.0 Å². The standard InChI is InChI=1S/C16H28N2O/c1-14(2)12(15(14,3)4)13(19)18-11-6-9-17-16(10-11)7-5-8-16/h11-12,17H,5-10H2,1-4H3,(H,18,19). The maximum absolute atomic E-state index is 12.5. The first-order valence-corrected chi connectivity index (χ1v) is 7.84. The molecule has 3 rings (SSSR count). The van der Waals surface area contributed by atoms with E-state index in [0.717, 1.165) is 19.4 Å². The molecule has 0 aromatic heterocycles. The van der Waals surface area contributed by atoms with Crippen molar-refractivity contribution in [2.75, 3.05) is 6.54 Å². The van der Waals surface area contributed by atoms with Crippen LogP contribution < -0.4 is 10.6 Å². The number of rotatable bonds is 2. The summed E-state index contributed by atoms with van der Waals surface area (Å²) < 4.78 is 0. The summed E-state index contributed by atoms with van der Waals surface area (Å²) in [6.45, 7) is 9.92. The molecule has 19 heavy (non-hydrogen) atoms. The van der Waals surface area contributed by atoms with Gasteiger partial charge in [-0.05, 0) is 49.5 Å². The van der Waals surface area contributed by atoms with Crippen LogP contribution in [0.2, 0.25) is 0 Å². The molecule has 2 saturated carbocycles. The third kappa shape index (κ3) is 1.93. The molecule has 3 fully saturated rings. The van der Waals surface area contributed by atoms with E-state index in [2.05, 4.69) is 38.3 Å². The van der Waals surface area contributed by atoms with Crippen LogP contribution >= 0.6 is 0 Å². The monoisotopic (exact) mass is 264 g/mol. The topological polar surface area (TPSA) is 41.1 Å². The minimum atomic E-state index is 0.151. The minimum Gasteiger partial charge on any atom is -0.353 e. The van der Waals surface area contributed by atoms with Gasteiger partial charge in [0.25, 0.3) is 0 Å². The molecule has 0 radical (unpaired) electrons. The summed E-state index contributed by atoms with van der Waals surface area (Å²) in [5.41, 5.74) is 0.668. The number of piperidine rings is 1. The molecular formula is C16H28N2O. The molecule has 1 saturated heterocycles. The van der Waals surface area contributed by atoms with Crippen molar-refractivity contribution in [1.29, 1.82) is 0 Å². The number of amides is 1. The van der Waals surface area contributed by atoms with Crippen LogP contribution in [0.3, 0.4) is 0 Å². The Hall–Kier alpha value is -0.570. The molecule has 1 amide bonds. The van der Waals surface area contributed by atoms with Crippen molar-refractivity contribution >= 4 is 5.91 Å². The first-order valence-electron chi connectivity index (χ1n) is 7.84. The largest absolute Gasteiger partial charge is 0.353 e. The highest BCUT2D eigenvalue weighted by Gasteiger charge is 2.68. The van der Waals surface area contributed by atoms with Crippen molar-refractivity contribution in [3.8, 4) is 0 Å². The van der Waals surface area contributed by atoms with Crippen LogP contribution in [0.15, 0.2) is 0 Å². The lowest BCUT2D eigenvalue weighted by molar-refractivity contribution is -0.124. The SMILES string of the molecule is CC1(C)C(C(=O)NC2CCNC3(CCC3)C2)C1(C)C. The van der Waals surface area contributed by atoms with Crippen LogP contribution in [-0.2, 0) is 4.79 Å². The third-order valence-electron chi connectivity index (χ3n) is 6.57. The van der Waals surface area contributed by atoms with Gasteiger partial charge in [0.1, 0.15) is 0 Å². The predicted molar refractivity (Wildman–Crippen MR) is 76.8 cm³/mol. The van der Waals surface area contributed by atoms with Gasteiger partial charge in [0.2, 0.25) is 5.91 Å². The normalized spacial score (nSPS) is 34.6. The Labute approximate surface area is 116 Å². The van der Waals surface area contributed by atoms with Crippen molar-refractivity contribution in [2.24, 2.45) is 16.7 Å². The Morgan fingerprint density at radius 3 is 2.26 bits per heavy atom. The lowest BCUT2D eigenvalue weighted by Crippen LogP contribution is -2.59. The van der Waals surface area contributed by atoms with Gasteiger partial charge in [0.15, 0.2) is 0 Å². The average molecular weight is 264 g/mol. The molecule has 3 nitrogen and oxygen atoms in total. The van der Waals surface area contributed by atoms with Gasteiger partial charge in [-0.25, -0.2) is 0 Å². The second kappa shape index (κ2) is 3.97. The van der Waals surface area contributed by atoms with E-state index in [0.29, 0.717) is 11.6 Å². The zero-order valence-electron chi connectivity index (χ0n) is 12.8. The Balaban J connectivity index is 1.59. The molecule has 0 aromatic rings. The molecule has 0 bridgehead atoms. The van der Waals surface area contributed by atoms with Crippen LogP contribution in [0.1, 0.15) is 59.8 Å². The first-order chi connectivity index (χ1) is 8.79. The lowest BCUT2D eigenvalue weighted by atomic mass is 9.70. The molecule has 2 aliphatic carbocycles. The second-order valence-electron chi connectivity index (χ2n) is 8.14. The van der Waals surface area contributed by atoms with E-state index in [1.54, 1.807) is 0 Å². The van der Waals surface area contributed by atoms with Crippen molar-refractivity contribution in [1.82, 2.24) is 10.6 Å². The third-order valence-corrected chi connectivity index (χ3v) is 6.57. The summed E-state index contributed by atoms with van der Waals surface area (Å²) in [6, 6.07) is 0.390. The van der Waals surface area contributed by atoms with Gasteiger partial charge < -0.3 is 10.6 Å². The van der Waals surface area contributed by atoms with E-state index < -0.39 is 0 Å². The number of hydrogen-bond donors (Lipinski definition) is 2. The Kier molecular flexibility index (Phi) is 2.80. The molecule has 0 aromatic carbocycles. The smallest absolute Gasteiger partial charge is 0.224 e. The summed E-state index contributed by atoms with van der Waals surface area (Å²) in [6.07, 6.45) is 6.14. The van der Waals surface area contributed by atoms with Gasteiger partial charge in [0, 0.05) is 17.5 Å².